The van der Waals surface area contributed by atoms with E-state index in [1.807, 2.05) is 26.0 Å². The maximum Gasteiger partial charge on any atom is 0.295 e. The Labute approximate surface area is 189 Å². The normalized spacial score (nSPS) is 16.8. The minimum atomic E-state index is -4.14. The van der Waals surface area contributed by atoms with Crippen molar-refractivity contribution in [3.05, 3.63) is 105 Å². The minimum Gasteiger partial charge on any atom is -0.502 e. The van der Waals surface area contributed by atoms with E-state index < -0.39 is 27.5 Å². The van der Waals surface area contributed by atoms with Gasteiger partial charge in [-0.25, -0.2) is 8.42 Å². The molecule has 1 N–H and O–H groups in total. The summed E-state index contributed by atoms with van der Waals surface area (Å²) in [7, 11) is -4.14. The summed E-state index contributed by atoms with van der Waals surface area (Å²) in [6, 6.07) is 19.6. The van der Waals surface area contributed by atoms with Crippen LogP contribution in [0.1, 0.15) is 22.7 Å². The molecular formula is C24H20BrNO4S. The number of sulfone groups is 1. The van der Waals surface area contributed by atoms with Gasteiger partial charge in [0.25, 0.3) is 5.91 Å². The highest BCUT2D eigenvalue weighted by molar-refractivity contribution is 9.10. The highest BCUT2D eigenvalue weighted by Gasteiger charge is 2.47. The average molecular weight is 498 g/mol. The standard InChI is InChI=1S/C24H20BrNO4S/c1-15-3-7-17(8-4-15)21-23(31(29,30)20-13-5-16(2)6-14-20)22(27)24(28)26(21)19-11-9-18(25)10-12-19/h3-14,21,27H,1-2H3/t21-/m1/s1. The molecule has 4 rings (SSSR count). The molecule has 1 aliphatic heterocycles. The van der Waals surface area contributed by atoms with Crippen LogP contribution in [0.4, 0.5) is 5.69 Å². The van der Waals surface area contributed by atoms with Crippen molar-refractivity contribution in [3.8, 4) is 0 Å². The molecule has 0 spiro atoms. The molecule has 0 radical (unpaired) electrons. The van der Waals surface area contributed by atoms with Crippen molar-refractivity contribution < 1.29 is 18.3 Å². The van der Waals surface area contributed by atoms with Crippen LogP contribution < -0.4 is 4.90 Å². The maximum atomic E-state index is 13.6. The van der Waals surface area contributed by atoms with Crippen molar-refractivity contribution in [1.29, 1.82) is 0 Å². The highest BCUT2D eigenvalue weighted by Crippen LogP contribution is 2.45. The number of aryl methyl sites for hydroxylation is 2. The van der Waals surface area contributed by atoms with Crippen LogP contribution in [0.15, 0.2) is 92.8 Å². The topological polar surface area (TPSA) is 74.7 Å². The van der Waals surface area contributed by atoms with Gasteiger partial charge in [-0.1, -0.05) is 63.5 Å². The Kier molecular flexibility index (Phi) is 5.49. The molecule has 0 bridgehead atoms. The molecular weight excluding hydrogens is 478 g/mol. The first-order chi connectivity index (χ1) is 14.7. The summed E-state index contributed by atoms with van der Waals surface area (Å²) in [5.41, 5.74) is 2.99. The lowest BCUT2D eigenvalue weighted by atomic mass is 10.0. The van der Waals surface area contributed by atoms with E-state index in [2.05, 4.69) is 15.9 Å². The van der Waals surface area contributed by atoms with E-state index in [0.29, 0.717) is 11.3 Å². The van der Waals surface area contributed by atoms with Crippen LogP contribution in [0.25, 0.3) is 0 Å². The molecule has 1 aliphatic rings. The van der Waals surface area contributed by atoms with E-state index in [4.69, 9.17) is 0 Å². The van der Waals surface area contributed by atoms with Gasteiger partial charge in [-0.3, -0.25) is 9.69 Å². The molecule has 1 atom stereocenters. The number of carbonyl (C=O) groups is 1. The molecule has 0 saturated carbocycles. The summed E-state index contributed by atoms with van der Waals surface area (Å²) in [6.45, 7) is 3.78. The van der Waals surface area contributed by atoms with Crippen molar-refractivity contribution in [2.75, 3.05) is 4.90 Å². The molecule has 0 unspecified atom stereocenters. The van der Waals surface area contributed by atoms with E-state index in [1.165, 1.54) is 17.0 Å². The third-order valence-corrected chi connectivity index (χ3v) is 7.70. The van der Waals surface area contributed by atoms with Gasteiger partial charge in [-0.2, -0.15) is 0 Å². The molecule has 31 heavy (non-hydrogen) atoms. The molecule has 158 valence electrons. The number of rotatable bonds is 4. The zero-order valence-corrected chi connectivity index (χ0v) is 19.3. The first-order valence-corrected chi connectivity index (χ1v) is 11.9. The zero-order chi connectivity index (χ0) is 22.3. The first kappa shape index (κ1) is 21.3. The van der Waals surface area contributed by atoms with Crippen molar-refractivity contribution in [2.45, 2.75) is 24.8 Å². The summed E-state index contributed by atoms with van der Waals surface area (Å²) < 4.78 is 28.0. The lowest BCUT2D eigenvalue weighted by Crippen LogP contribution is -2.31. The second kappa shape index (κ2) is 7.98. The summed E-state index contributed by atoms with van der Waals surface area (Å²) in [5.74, 6) is -1.51. The monoisotopic (exact) mass is 497 g/mol. The fourth-order valence-electron chi connectivity index (χ4n) is 3.62. The molecule has 7 heteroatoms. The maximum absolute atomic E-state index is 13.6. The van der Waals surface area contributed by atoms with E-state index >= 15 is 0 Å². The van der Waals surface area contributed by atoms with Gasteiger partial charge in [0.1, 0.15) is 10.9 Å². The molecule has 5 nitrogen and oxygen atoms in total. The van der Waals surface area contributed by atoms with Gasteiger partial charge < -0.3 is 5.11 Å². The number of aliphatic hydroxyl groups is 1. The second-order valence-corrected chi connectivity index (χ2v) is 10.3. The molecule has 0 aliphatic carbocycles. The van der Waals surface area contributed by atoms with E-state index in [1.54, 1.807) is 48.5 Å². The number of hydrogen-bond donors (Lipinski definition) is 1. The number of hydrogen-bond acceptors (Lipinski definition) is 4. The van der Waals surface area contributed by atoms with Crippen LogP contribution in [0.5, 0.6) is 0 Å². The number of halogens is 1. The van der Waals surface area contributed by atoms with E-state index in [0.717, 1.165) is 15.6 Å². The Morgan fingerprint density at radius 2 is 1.35 bits per heavy atom. The van der Waals surface area contributed by atoms with Gasteiger partial charge in [0, 0.05) is 10.2 Å². The third-order valence-electron chi connectivity index (χ3n) is 5.28. The number of amides is 1. The van der Waals surface area contributed by atoms with Gasteiger partial charge >= 0.3 is 0 Å². The predicted molar refractivity (Wildman–Crippen MR) is 124 cm³/mol. The number of anilines is 1. The number of carbonyl (C=O) groups excluding carboxylic acids is 1. The Bertz CT molecular complexity index is 1280. The van der Waals surface area contributed by atoms with Crippen LogP contribution in [0.2, 0.25) is 0 Å². The Balaban J connectivity index is 1.93. The largest absolute Gasteiger partial charge is 0.502 e. The van der Waals surface area contributed by atoms with Crippen molar-refractivity contribution in [1.82, 2.24) is 0 Å². The molecule has 3 aromatic rings. The number of benzene rings is 3. The number of aliphatic hydroxyl groups excluding tert-OH is 1. The summed E-state index contributed by atoms with van der Waals surface area (Å²) in [4.78, 5) is 14.2. The Morgan fingerprint density at radius 3 is 1.90 bits per heavy atom. The molecule has 1 heterocycles. The SMILES string of the molecule is Cc1ccc([C@@H]2C(S(=O)(=O)c3ccc(C)cc3)=C(O)C(=O)N2c2ccc(Br)cc2)cc1. The van der Waals surface area contributed by atoms with Gasteiger partial charge in [0.05, 0.1) is 4.90 Å². The van der Waals surface area contributed by atoms with Crippen LogP contribution in [-0.4, -0.2) is 19.4 Å². The van der Waals surface area contributed by atoms with Crippen LogP contribution in [0.3, 0.4) is 0 Å². The lowest BCUT2D eigenvalue weighted by molar-refractivity contribution is -0.117. The zero-order valence-electron chi connectivity index (χ0n) is 16.9. The summed E-state index contributed by atoms with van der Waals surface area (Å²) in [6.07, 6.45) is 0. The fourth-order valence-corrected chi connectivity index (χ4v) is 5.51. The average Bonchev–Trinajstić information content (AvgIpc) is 3.01. The highest BCUT2D eigenvalue weighted by atomic mass is 79.9. The molecule has 0 saturated heterocycles. The van der Waals surface area contributed by atoms with Gasteiger partial charge in [0.2, 0.25) is 9.84 Å². The van der Waals surface area contributed by atoms with Gasteiger partial charge in [0.15, 0.2) is 5.76 Å². The van der Waals surface area contributed by atoms with Crippen LogP contribution in [-0.2, 0) is 14.6 Å². The second-order valence-electron chi connectivity index (χ2n) is 7.49. The summed E-state index contributed by atoms with van der Waals surface area (Å²) in [5, 5.41) is 10.8. The van der Waals surface area contributed by atoms with Crippen molar-refractivity contribution >= 4 is 37.4 Å². The van der Waals surface area contributed by atoms with E-state index in [-0.39, 0.29) is 9.80 Å². The van der Waals surface area contributed by atoms with Gasteiger partial charge in [-0.05, 0) is 55.8 Å². The van der Waals surface area contributed by atoms with Gasteiger partial charge in [-0.15, -0.1) is 0 Å². The molecule has 0 aromatic heterocycles. The minimum absolute atomic E-state index is 0.0298. The summed E-state index contributed by atoms with van der Waals surface area (Å²) >= 11 is 3.37. The van der Waals surface area contributed by atoms with Crippen LogP contribution >= 0.6 is 15.9 Å². The first-order valence-electron chi connectivity index (χ1n) is 9.61. The van der Waals surface area contributed by atoms with Crippen molar-refractivity contribution in [2.24, 2.45) is 0 Å². The number of nitrogens with zero attached hydrogens (tertiary/aromatic N) is 1. The predicted octanol–water partition coefficient (Wildman–Crippen LogP) is 5.40. The quantitative estimate of drug-likeness (QED) is 0.523. The smallest absolute Gasteiger partial charge is 0.295 e. The van der Waals surface area contributed by atoms with Crippen molar-refractivity contribution in [3.63, 3.8) is 0 Å². The van der Waals surface area contributed by atoms with Crippen LogP contribution in [0, 0.1) is 13.8 Å². The third kappa shape index (κ3) is 3.79. The molecule has 0 fully saturated rings. The molecule has 3 aromatic carbocycles. The lowest BCUT2D eigenvalue weighted by Gasteiger charge is -2.27. The Hall–Kier alpha value is -2.90. The Morgan fingerprint density at radius 1 is 0.839 bits per heavy atom. The molecule has 1 amide bonds. The fraction of sp³-hybridized carbons (Fsp3) is 0.125. The van der Waals surface area contributed by atoms with E-state index in [9.17, 15) is 18.3 Å².